The molecule has 2 heterocycles. The zero-order valence-electron chi connectivity index (χ0n) is 18.5. The van der Waals surface area contributed by atoms with Gasteiger partial charge in [0.05, 0.1) is 10.8 Å². The van der Waals surface area contributed by atoms with E-state index in [9.17, 15) is 4.79 Å². The van der Waals surface area contributed by atoms with E-state index in [-0.39, 0.29) is 17.2 Å². The van der Waals surface area contributed by atoms with Gasteiger partial charge in [0, 0.05) is 18.0 Å². The number of rotatable bonds is 6. The van der Waals surface area contributed by atoms with Gasteiger partial charge in [-0.25, -0.2) is 4.98 Å². The maximum atomic E-state index is 12.3. The van der Waals surface area contributed by atoms with E-state index in [1.807, 2.05) is 20.8 Å². The summed E-state index contributed by atoms with van der Waals surface area (Å²) in [6, 6.07) is 15.0. The molecule has 0 aliphatic rings. The van der Waals surface area contributed by atoms with Crippen LogP contribution in [0.1, 0.15) is 37.5 Å². The van der Waals surface area contributed by atoms with Crippen LogP contribution in [0.25, 0.3) is 22.1 Å². The summed E-state index contributed by atoms with van der Waals surface area (Å²) in [6.07, 6.45) is 0. The molecule has 2 aromatic heterocycles. The summed E-state index contributed by atoms with van der Waals surface area (Å²) in [5.74, 6) is -0.0282. The molecule has 0 spiro atoms. The zero-order valence-corrected chi connectivity index (χ0v) is 19.3. The predicted molar refractivity (Wildman–Crippen MR) is 126 cm³/mol. The van der Waals surface area contributed by atoms with Crippen LogP contribution in [0.15, 0.2) is 47.6 Å². The molecule has 0 saturated carbocycles. The summed E-state index contributed by atoms with van der Waals surface area (Å²) in [6.45, 7) is 10.6. The Morgan fingerprint density at radius 3 is 2.45 bits per heavy atom. The smallest absolute Gasteiger partial charge is 0.233 e. The number of carbonyl (C=O) groups is 1. The van der Waals surface area contributed by atoms with Gasteiger partial charge in [-0.15, -0.1) is 10.2 Å². The molecule has 0 aliphatic carbocycles. The molecule has 6 nitrogen and oxygen atoms in total. The third-order valence-corrected chi connectivity index (χ3v) is 6.10. The van der Waals surface area contributed by atoms with Crippen molar-refractivity contribution in [3.63, 3.8) is 0 Å². The van der Waals surface area contributed by atoms with E-state index >= 15 is 0 Å². The van der Waals surface area contributed by atoms with Crippen LogP contribution in [0, 0.1) is 13.8 Å². The summed E-state index contributed by atoms with van der Waals surface area (Å²) in [4.78, 5) is 17.2. The molecule has 2 aromatic carbocycles. The van der Waals surface area contributed by atoms with E-state index in [4.69, 9.17) is 4.98 Å². The molecule has 31 heavy (non-hydrogen) atoms. The molecule has 1 unspecified atom stereocenters. The van der Waals surface area contributed by atoms with Crippen molar-refractivity contribution < 1.29 is 4.79 Å². The number of nitrogens with one attached hydrogen (secondary N) is 1. The fraction of sp³-hybridized carbons (Fsp3) is 0.333. The fourth-order valence-electron chi connectivity index (χ4n) is 3.55. The minimum atomic E-state index is -0.307. The highest BCUT2D eigenvalue weighted by atomic mass is 32.2. The first-order chi connectivity index (χ1) is 14.8. The van der Waals surface area contributed by atoms with Gasteiger partial charge in [-0.1, -0.05) is 53.2 Å². The van der Waals surface area contributed by atoms with Gasteiger partial charge < -0.3 is 9.88 Å². The van der Waals surface area contributed by atoms with E-state index in [0.717, 1.165) is 22.1 Å². The summed E-state index contributed by atoms with van der Waals surface area (Å²) >= 11 is 1.33. The van der Waals surface area contributed by atoms with Crippen LogP contribution in [-0.2, 0) is 11.3 Å². The van der Waals surface area contributed by atoms with Crippen LogP contribution >= 0.6 is 11.8 Å². The molecule has 4 aromatic rings. The average Bonchev–Trinajstić information content (AvgIpc) is 3.01. The lowest BCUT2D eigenvalue weighted by Gasteiger charge is -2.13. The zero-order chi connectivity index (χ0) is 22.1. The maximum Gasteiger partial charge on any atom is 0.233 e. The quantitative estimate of drug-likeness (QED) is 0.448. The Bertz CT molecular complexity index is 1250. The molecule has 1 N–H and O–H groups in total. The van der Waals surface area contributed by atoms with Gasteiger partial charge in [0.25, 0.3) is 0 Å². The van der Waals surface area contributed by atoms with Gasteiger partial charge in [-0.3, -0.25) is 4.79 Å². The van der Waals surface area contributed by atoms with Gasteiger partial charge >= 0.3 is 0 Å². The van der Waals surface area contributed by atoms with Crippen LogP contribution in [-0.4, -0.2) is 36.9 Å². The molecule has 4 rings (SSSR count). The SMILES string of the molecule is Cc1ccc(Cn2c3ccc(C)cc3c3nnc(SC(C)C(=O)NC(C)C)nc32)cc1. The lowest BCUT2D eigenvalue weighted by molar-refractivity contribution is -0.120. The van der Waals surface area contributed by atoms with Crippen LogP contribution in [0.3, 0.4) is 0 Å². The number of nitrogens with zero attached hydrogens (tertiary/aromatic N) is 4. The number of hydrogen-bond donors (Lipinski definition) is 1. The van der Waals surface area contributed by atoms with Gasteiger partial charge in [0.15, 0.2) is 5.65 Å². The van der Waals surface area contributed by atoms with Crippen molar-refractivity contribution in [2.45, 2.75) is 57.6 Å². The highest BCUT2D eigenvalue weighted by molar-refractivity contribution is 8.00. The second-order valence-corrected chi connectivity index (χ2v) is 9.59. The van der Waals surface area contributed by atoms with Crippen molar-refractivity contribution in [1.82, 2.24) is 25.1 Å². The topological polar surface area (TPSA) is 72.7 Å². The van der Waals surface area contributed by atoms with Crippen LogP contribution in [0.4, 0.5) is 0 Å². The lowest BCUT2D eigenvalue weighted by Crippen LogP contribution is -2.35. The first-order valence-corrected chi connectivity index (χ1v) is 11.4. The van der Waals surface area contributed by atoms with E-state index in [2.05, 4.69) is 76.4 Å². The molecular weight excluding hydrogens is 406 g/mol. The molecule has 0 bridgehead atoms. The number of aromatic nitrogens is 4. The highest BCUT2D eigenvalue weighted by Gasteiger charge is 2.20. The molecule has 0 saturated heterocycles. The average molecular weight is 434 g/mol. The highest BCUT2D eigenvalue weighted by Crippen LogP contribution is 2.29. The number of amides is 1. The van der Waals surface area contributed by atoms with Crippen LogP contribution < -0.4 is 5.32 Å². The summed E-state index contributed by atoms with van der Waals surface area (Å²) in [5, 5.41) is 13.0. The number of carbonyl (C=O) groups excluding carboxylic acids is 1. The van der Waals surface area contributed by atoms with E-state index in [1.54, 1.807) is 0 Å². The first-order valence-electron chi connectivity index (χ1n) is 10.5. The van der Waals surface area contributed by atoms with E-state index in [0.29, 0.717) is 11.7 Å². The van der Waals surface area contributed by atoms with Gasteiger partial charge in [-0.05, 0) is 52.3 Å². The Morgan fingerprint density at radius 1 is 1.03 bits per heavy atom. The minimum Gasteiger partial charge on any atom is -0.353 e. The molecule has 1 atom stereocenters. The minimum absolute atomic E-state index is 0.0282. The molecular formula is C24H27N5OS. The van der Waals surface area contributed by atoms with E-state index < -0.39 is 0 Å². The molecule has 0 aliphatic heterocycles. The predicted octanol–water partition coefficient (Wildman–Crippen LogP) is 4.65. The second-order valence-electron chi connectivity index (χ2n) is 8.28. The largest absolute Gasteiger partial charge is 0.353 e. The lowest BCUT2D eigenvalue weighted by atomic mass is 10.1. The monoisotopic (exact) mass is 433 g/mol. The van der Waals surface area contributed by atoms with Crippen molar-refractivity contribution >= 4 is 39.7 Å². The molecule has 160 valence electrons. The Morgan fingerprint density at radius 2 is 1.74 bits per heavy atom. The summed E-state index contributed by atoms with van der Waals surface area (Å²) < 4.78 is 2.19. The first kappa shape index (κ1) is 21.3. The molecule has 1 amide bonds. The number of benzene rings is 2. The normalized spacial score (nSPS) is 12.6. The van der Waals surface area contributed by atoms with Crippen LogP contribution in [0.2, 0.25) is 0 Å². The van der Waals surface area contributed by atoms with Crippen molar-refractivity contribution in [1.29, 1.82) is 0 Å². The third-order valence-electron chi connectivity index (χ3n) is 5.15. The number of hydrogen-bond acceptors (Lipinski definition) is 5. The third kappa shape index (κ3) is 4.56. The van der Waals surface area contributed by atoms with Crippen molar-refractivity contribution in [3.05, 3.63) is 59.2 Å². The Hall–Kier alpha value is -2.93. The van der Waals surface area contributed by atoms with Crippen LogP contribution in [0.5, 0.6) is 0 Å². The molecule has 0 fully saturated rings. The Balaban J connectivity index is 1.76. The Kier molecular flexibility index (Phi) is 5.96. The number of fused-ring (bicyclic) bond motifs is 3. The number of thioether (sulfide) groups is 1. The van der Waals surface area contributed by atoms with Crippen molar-refractivity contribution in [2.75, 3.05) is 0 Å². The Labute approximate surface area is 186 Å². The fourth-order valence-corrected chi connectivity index (χ4v) is 4.27. The van der Waals surface area contributed by atoms with E-state index in [1.165, 1.54) is 28.5 Å². The standard InChI is InChI=1S/C24H27N5OS/c1-14(2)25-23(30)17(5)31-24-26-22-21(27-28-24)19-12-16(4)8-11-20(19)29(22)13-18-9-6-15(3)7-10-18/h6-12,14,17H,13H2,1-5H3,(H,25,30). The second kappa shape index (κ2) is 8.67. The van der Waals surface area contributed by atoms with Crippen molar-refractivity contribution in [2.24, 2.45) is 0 Å². The van der Waals surface area contributed by atoms with Gasteiger partial charge in [0.2, 0.25) is 11.1 Å². The molecule has 0 radical (unpaired) electrons. The van der Waals surface area contributed by atoms with Crippen molar-refractivity contribution in [3.8, 4) is 0 Å². The molecule has 7 heteroatoms. The van der Waals surface area contributed by atoms with Gasteiger partial charge in [-0.2, -0.15) is 0 Å². The number of aryl methyl sites for hydroxylation is 2. The summed E-state index contributed by atoms with van der Waals surface area (Å²) in [5.41, 5.74) is 6.25. The maximum absolute atomic E-state index is 12.3. The van der Waals surface area contributed by atoms with Gasteiger partial charge in [0.1, 0.15) is 5.52 Å². The summed E-state index contributed by atoms with van der Waals surface area (Å²) in [7, 11) is 0.